The van der Waals surface area contributed by atoms with Crippen molar-refractivity contribution in [2.75, 3.05) is 5.73 Å². The van der Waals surface area contributed by atoms with Gasteiger partial charge in [-0.25, -0.2) is 0 Å². The van der Waals surface area contributed by atoms with Crippen molar-refractivity contribution in [3.05, 3.63) is 23.2 Å². The van der Waals surface area contributed by atoms with E-state index in [2.05, 4.69) is 26.8 Å². The number of halogens is 1. The quantitative estimate of drug-likeness (QED) is 0.398. The second-order valence-electron chi connectivity index (χ2n) is 6.32. The number of nitrogens with two attached hydrogens (primary N) is 1. The number of unbranched alkanes of at least 4 members (excludes halogenated alkanes) is 3. The van der Waals surface area contributed by atoms with E-state index < -0.39 is 13.3 Å². The molecule has 0 atom stereocenters. The van der Waals surface area contributed by atoms with Crippen LogP contribution in [0.4, 0.5) is 5.69 Å². The molecule has 0 unspecified atom stereocenters. The van der Waals surface area contributed by atoms with Crippen LogP contribution in [-0.2, 0) is 0 Å². The van der Waals surface area contributed by atoms with Crippen LogP contribution in [0.15, 0.2) is 18.2 Å². The van der Waals surface area contributed by atoms with Crippen molar-refractivity contribution in [2.24, 2.45) is 0 Å². The Kier molecular flexibility index (Phi) is 8.81. The second kappa shape index (κ2) is 9.79. The van der Waals surface area contributed by atoms with Gasteiger partial charge in [-0.3, -0.25) is 0 Å². The van der Waals surface area contributed by atoms with Gasteiger partial charge in [0.05, 0.1) is 0 Å². The molecule has 0 spiro atoms. The fourth-order valence-corrected chi connectivity index (χ4v) is 15.9. The van der Waals surface area contributed by atoms with Gasteiger partial charge in [0, 0.05) is 0 Å². The molecule has 0 saturated heterocycles. The summed E-state index contributed by atoms with van der Waals surface area (Å²) < 4.78 is 1.48. The molecule has 1 nitrogen and oxygen atoms in total. The average Bonchev–Trinajstić information content (AvgIpc) is 2.49. The third-order valence-corrected chi connectivity index (χ3v) is 16.4. The maximum absolute atomic E-state index is 6.38. The molecule has 0 radical (unpaired) electrons. The summed E-state index contributed by atoms with van der Waals surface area (Å²) in [5, 5.41) is 5.11. The number of benzene rings is 1. The molecule has 0 heterocycles. The molecule has 120 valence electrons. The fourth-order valence-electron chi connectivity index (χ4n) is 3.31. The normalized spacial score (nSPS) is 11.8. The predicted octanol–water partition coefficient (Wildman–Crippen LogP) is 5.98. The Morgan fingerprint density at radius 1 is 0.905 bits per heavy atom. The zero-order chi connectivity index (χ0) is 15.7. The molecule has 0 saturated carbocycles. The Hall–Kier alpha value is -0.147. The van der Waals surface area contributed by atoms with Crippen molar-refractivity contribution in [3.63, 3.8) is 0 Å². The SMILES string of the molecule is CCC[CH2][Ge]([CH2]CCC)([CH2]CCC)[c]1cc(Cl)ccc1N. The molecular weight excluding hydrogens is 338 g/mol. The van der Waals surface area contributed by atoms with Gasteiger partial charge in [0.15, 0.2) is 0 Å². The van der Waals surface area contributed by atoms with Gasteiger partial charge in [0.25, 0.3) is 0 Å². The zero-order valence-electron chi connectivity index (χ0n) is 14.1. The van der Waals surface area contributed by atoms with Crippen molar-refractivity contribution in [3.8, 4) is 0 Å². The van der Waals surface area contributed by atoms with Crippen molar-refractivity contribution in [1.29, 1.82) is 0 Å². The van der Waals surface area contributed by atoms with Gasteiger partial charge < -0.3 is 0 Å². The van der Waals surface area contributed by atoms with Gasteiger partial charge in [-0.1, -0.05) is 0 Å². The van der Waals surface area contributed by atoms with Gasteiger partial charge in [-0.2, -0.15) is 0 Å². The summed E-state index contributed by atoms with van der Waals surface area (Å²) >= 11 is 4.17. The molecule has 0 fully saturated rings. The van der Waals surface area contributed by atoms with Gasteiger partial charge in [-0.05, 0) is 0 Å². The van der Waals surface area contributed by atoms with Crippen LogP contribution < -0.4 is 10.1 Å². The minimum absolute atomic E-state index is 0.860. The van der Waals surface area contributed by atoms with Crippen molar-refractivity contribution < 1.29 is 0 Å². The van der Waals surface area contributed by atoms with Crippen LogP contribution >= 0.6 is 11.6 Å². The third kappa shape index (κ3) is 5.52. The Morgan fingerprint density at radius 3 is 1.81 bits per heavy atom. The summed E-state index contributed by atoms with van der Waals surface area (Å²) in [6, 6.07) is 6.17. The van der Waals surface area contributed by atoms with Crippen LogP contribution in [0.2, 0.25) is 20.8 Å². The fraction of sp³-hybridized carbons (Fsp3) is 0.667. The second-order valence-corrected chi connectivity index (χ2v) is 16.4. The first-order valence-corrected chi connectivity index (χ1v) is 14.5. The number of nitrogen functional groups attached to an aromatic ring is 1. The van der Waals surface area contributed by atoms with Crippen LogP contribution in [0, 0.1) is 0 Å². The van der Waals surface area contributed by atoms with E-state index in [1.165, 1.54) is 58.7 Å². The molecule has 0 aromatic heterocycles. The van der Waals surface area contributed by atoms with E-state index in [1.807, 2.05) is 12.1 Å². The van der Waals surface area contributed by atoms with Crippen molar-refractivity contribution in [2.45, 2.75) is 75.1 Å². The molecule has 1 aromatic rings. The standard InChI is InChI=1S/C18H32ClGeN/c1-4-7-12-20(13-8-5-2,14-9-6-3)17-15-16(19)10-11-18(17)21/h10-11,15H,4-9,12-14,21H2,1-3H3. The number of anilines is 1. The van der Waals surface area contributed by atoms with E-state index in [0.29, 0.717) is 0 Å². The van der Waals surface area contributed by atoms with Crippen LogP contribution in [0.25, 0.3) is 0 Å². The number of hydrogen-bond donors (Lipinski definition) is 1. The Labute approximate surface area is 139 Å². The van der Waals surface area contributed by atoms with Crippen LogP contribution in [0.1, 0.15) is 59.3 Å². The topological polar surface area (TPSA) is 26.0 Å². The van der Waals surface area contributed by atoms with Crippen LogP contribution in [0.5, 0.6) is 0 Å². The Bertz CT molecular complexity index is 398. The summed E-state index contributed by atoms with van der Waals surface area (Å²) in [6.07, 6.45) is 7.89. The monoisotopic (exact) mass is 371 g/mol. The molecular formula is C18H32ClGeN. The molecule has 0 aliphatic carbocycles. The molecule has 0 amide bonds. The van der Waals surface area contributed by atoms with E-state index in [9.17, 15) is 0 Å². The first-order valence-electron chi connectivity index (χ1n) is 8.65. The first kappa shape index (κ1) is 18.9. The van der Waals surface area contributed by atoms with Gasteiger partial charge in [0.2, 0.25) is 0 Å². The first-order chi connectivity index (χ1) is 10.1. The zero-order valence-corrected chi connectivity index (χ0v) is 16.9. The average molecular weight is 371 g/mol. The molecule has 21 heavy (non-hydrogen) atoms. The summed E-state index contributed by atoms with van der Waals surface area (Å²) in [5.41, 5.74) is 7.38. The molecule has 1 aromatic carbocycles. The summed E-state index contributed by atoms with van der Waals surface area (Å²) in [6.45, 7) is 6.90. The van der Waals surface area contributed by atoms with E-state index >= 15 is 0 Å². The van der Waals surface area contributed by atoms with E-state index in [1.54, 1.807) is 0 Å². The number of hydrogen-bond acceptors (Lipinski definition) is 1. The summed E-state index contributed by atoms with van der Waals surface area (Å²) in [7, 11) is 0. The Morgan fingerprint density at radius 2 is 1.38 bits per heavy atom. The molecule has 0 aliphatic rings. The minimum atomic E-state index is -2.13. The van der Waals surface area contributed by atoms with Gasteiger partial charge in [0.1, 0.15) is 0 Å². The van der Waals surface area contributed by atoms with Crippen LogP contribution in [-0.4, -0.2) is 13.3 Å². The summed E-state index contributed by atoms with van der Waals surface area (Å²) in [5.74, 6) is 0. The van der Waals surface area contributed by atoms with Crippen LogP contribution in [0.3, 0.4) is 0 Å². The van der Waals surface area contributed by atoms with Gasteiger partial charge >= 0.3 is 139 Å². The predicted molar refractivity (Wildman–Crippen MR) is 100 cm³/mol. The molecule has 1 rings (SSSR count). The number of rotatable bonds is 10. The Balaban J connectivity index is 3.19. The van der Waals surface area contributed by atoms with Gasteiger partial charge in [-0.15, -0.1) is 0 Å². The van der Waals surface area contributed by atoms with Crippen molar-refractivity contribution >= 4 is 35.0 Å². The summed E-state index contributed by atoms with van der Waals surface area (Å²) in [4.78, 5) is 0. The molecule has 0 aliphatic heterocycles. The van der Waals surface area contributed by atoms with E-state index in [-0.39, 0.29) is 0 Å². The van der Waals surface area contributed by atoms with Crippen molar-refractivity contribution in [1.82, 2.24) is 0 Å². The molecule has 0 bridgehead atoms. The molecule has 2 N–H and O–H groups in total. The third-order valence-electron chi connectivity index (χ3n) is 4.61. The maximum atomic E-state index is 6.38. The van der Waals surface area contributed by atoms with E-state index in [4.69, 9.17) is 17.3 Å². The van der Waals surface area contributed by atoms with E-state index in [0.717, 1.165) is 10.7 Å². The molecule has 3 heteroatoms.